The molecule has 1 saturated heterocycles. The van der Waals surface area contributed by atoms with Gasteiger partial charge in [-0.1, -0.05) is 47.9 Å². The molecular formula is C30H35ClN4O2. The molecule has 1 aromatic heterocycles. The Labute approximate surface area is 223 Å². The van der Waals surface area contributed by atoms with Gasteiger partial charge in [0.15, 0.2) is 0 Å². The average molecular weight is 519 g/mol. The summed E-state index contributed by atoms with van der Waals surface area (Å²) in [6.07, 6.45) is 8.53. The van der Waals surface area contributed by atoms with E-state index in [0.717, 1.165) is 24.9 Å². The SMILES string of the molecule is CC(C)NC(=O)Cn1c(-c2cccc(Cl)c2)nc2ccc(C3C=C(CCN4CCCCC4)C3)cc2c1=O. The molecule has 5 rings (SSSR count). The fourth-order valence-corrected chi connectivity index (χ4v) is 5.58. The maximum Gasteiger partial charge on any atom is 0.262 e. The molecule has 1 fully saturated rings. The lowest BCUT2D eigenvalue weighted by molar-refractivity contribution is -0.122. The maximum absolute atomic E-state index is 13.7. The van der Waals surface area contributed by atoms with Crippen LogP contribution >= 0.6 is 11.6 Å². The second-order valence-electron chi connectivity index (χ2n) is 10.6. The molecular weight excluding hydrogens is 484 g/mol. The van der Waals surface area contributed by atoms with Gasteiger partial charge in [0, 0.05) is 29.1 Å². The highest BCUT2D eigenvalue weighted by Crippen LogP contribution is 2.37. The van der Waals surface area contributed by atoms with Crippen LogP contribution in [0, 0.1) is 0 Å². The van der Waals surface area contributed by atoms with Crippen molar-refractivity contribution in [1.82, 2.24) is 19.8 Å². The summed E-state index contributed by atoms with van der Waals surface area (Å²) < 4.78 is 1.47. The minimum Gasteiger partial charge on any atom is -0.352 e. The minimum atomic E-state index is -0.224. The number of fused-ring (bicyclic) bond motifs is 1. The van der Waals surface area contributed by atoms with Crippen molar-refractivity contribution in [2.75, 3.05) is 19.6 Å². The predicted octanol–water partition coefficient (Wildman–Crippen LogP) is 5.53. The van der Waals surface area contributed by atoms with E-state index < -0.39 is 0 Å². The van der Waals surface area contributed by atoms with Crippen molar-refractivity contribution >= 4 is 28.4 Å². The predicted molar refractivity (Wildman–Crippen MR) is 150 cm³/mol. The summed E-state index contributed by atoms with van der Waals surface area (Å²) in [6.45, 7) is 7.30. The third-order valence-electron chi connectivity index (χ3n) is 7.36. The van der Waals surface area contributed by atoms with E-state index in [1.54, 1.807) is 12.1 Å². The van der Waals surface area contributed by atoms with Crippen molar-refractivity contribution in [2.45, 2.75) is 64.5 Å². The van der Waals surface area contributed by atoms with Crippen molar-refractivity contribution < 1.29 is 4.79 Å². The number of hydrogen-bond donors (Lipinski definition) is 1. The van der Waals surface area contributed by atoms with Crippen LogP contribution in [0.3, 0.4) is 0 Å². The second-order valence-corrected chi connectivity index (χ2v) is 11.1. The van der Waals surface area contributed by atoms with E-state index in [-0.39, 0.29) is 24.1 Å². The van der Waals surface area contributed by atoms with Gasteiger partial charge in [-0.3, -0.25) is 14.2 Å². The number of amides is 1. The van der Waals surface area contributed by atoms with E-state index >= 15 is 0 Å². The molecule has 2 aromatic carbocycles. The first-order valence-electron chi connectivity index (χ1n) is 13.4. The number of likely N-dealkylation sites (tertiary alicyclic amines) is 1. The Hall–Kier alpha value is -2.96. The molecule has 2 aliphatic rings. The number of rotatable bonds is 8. The number of carbonyl (C=O) groups excluding carboxylic acids is 1. The fourth-order valence-electron chi connectivity index (χ4n) is 5.39. The molecule has 1 N–H and O–H groups in total. The zero-order chi connectivity index (χ0) is 25.9. The normalized spacial score (nSPS) is 18.1. The molecule has 1 atom stereocenters. The molecule has 1 aliphatic carbocycles. The number of benzene rings is 2. The molecule has 0 saturated carbocycles. The van der Waals surface area contributed by atoms with Crippen molar-refractivity contribution in [1.29, 1.82) is 0 Å². The number of aromatic nitrogens is 2. The van der Waals surface area contributed by atoms with Crippen molar-refractivity contribution in [3.63, 3.8) is 0 Å². The Morgan fingerprint density at radius 2 is 1.92 bits per heavy atom. The van der Waals surface area contributed by atoms with Crippen LogP contribution in [0.1, 0.15) is 57.4 Å². The van der Waals surface area contributed by atoms with Gasteiger partial charge in [0.1, 0.15) is 12.4 Å². The molecule has 194 valence electrons. The zero-order valence-electron chi connectivity index (χ0n) is 21.7. The summed E-state index contributed by atoms with van der Waals surface area (Å²) in [6, 6.07) is 13.2. The van der Waals surface area contributed by atoms with Crippen molar-refractivity contribution in [3.05, 3.63) is 75.1 Å². The van der Waals surface area contributed by atoms with Crippen LogP contribution in [0.4, 0.5) is 0 Å². The second kappa shape index (κ2) is 11.2. The monoisotopic (exact) mass is 518 g/mol. The average Bonchev–Trinajstić information content (AvgIpc) is 2.85. The highest BCUT2D eigenvalue weighted by molar-refractivity contribution is 6.30. The van der Waals surface area contributed by atoms with Gasteiger partial charge in [0.05, 0.1) is 10.9 Å². The van der Waals surface area contributed by atoms with Crippen LogP contribution in [0.15, 0.2) is 58.9 Å². The van der Waals surface area contributed by atoms with Gasteiger partial charge in [0.25, 0.3) is 5.56 Å². The van der Waals surface area contributed by atoms with E-state index in [1.807, 2.05) is 38.1 Å². The first kappa shape index (κ1) is 25.7. The molecule has 37 heavy (non-hydrogen) atoms. The molecule has 7 heteroatoms. The molecule has 6 nitrogen and oxygen atoms in total. The minimum absolute atomic E-state index is 0.0210. The summed E-state index contributed by atoms with van der Waals surface area (Å²) in [4.78, 5) is 33.8. The van der Waals surface area contributed by atoms with Gasteiger partial charge in [0.2, 0.25) is 5.91 Å². The standard InChI is InChI=1S/C30H35ClN4O2/c1-20(2)32-28(36)19-35-29(23-7-6-8-25(31)17-23)33-27-10-9-22(18-26(27)30(35)37)24-15-21(16-24)11-14-34-12-4-3-5-13-34/h6-10,15,17-18,20,24H,3-5,11-14,16,19H2,1-2H3,(H,32,36). The lowest BCUT2D eigenvalue weighted by Gasteiger charge is -2.30. The van der Waals surface area contributed by atoms with Crippen LogP contribution in [0.5, 0.6) is 0 Å². The fraction of sp³-hybridized carbons (Fsp3) is 0.433. The van der Waals surface area contributed by atoms with E-state index in [4.69, 9.17) is 16.6 Å². The molecule has 0 spiro atoms. The largest absolute Gasteiger partial charge is 0.352 e. The van der Waals surface area contributed by atoms with E-state index in [0.29, 0.717) is 33.2 Å². The molecule has 1 aliphatic heterocycles. The number of nitrogens with one attached hydrogen (secondary N) is 1. The topological polar surface area (TPSA) is 67.2 Å². The Morgan fingerprint density at radius 1 is 1.14 bits per heavy atom. The number of nitrogens with zero attached hydrogens (tertiary/aromatic N) is 3. The Bertz CT molecular complexity index is 1390. The summed E-state index contributed by atoms with van der Waals surface area (Å²) in [5.41, 5.74) is 3.75. The number of carbonyl (C=O) groups is 1. The molecule has 2 heterocycles. The lowest BCUT2D eigenvalue weighted by Crippen LogP contribution is -2.37. The summed E-state index contributed by atoms with van der Waals surface area (Å²) >= 11 is 6.23. The molecule has 1 unspecified atom stereocenters. The summed E-state index contributed by atoms with van der Waals surface area (Å²) in [5, 5.41) is 3.97. The smallest absolute Gasteiger partial charge is 0.262 e. The number of halogens is 1. The summed E-state index contributed by atoms with van der Waals surface area (Å²) in [5.74, 6) is 0.540. The van der Waals surface area contributed by atoms with E-state index in [1.165, 1.54) is 42.5 Å². The number of allylic oxidation sites excluding steroid dienone is 1. The highest BCUT2D eigenvalue weighted by Gasteiger charge is 2.23. The van der Waals surface area contributed by atoms with Gasteiger partial charge < -0.3 is 10.2 Å². The zero-order valence-corrected chi connectivity index (χ0v) is 22.4. The van der Waals surface area contributed by atoms with Gasteiger partial charge >= 0.3 is 0 Å². The third kappa shape index (κ3) is 5.97. The van der Waals surface area contributed by atoms with Gasteiger partial charge in [-0.15, -0.1) is 0 Å². The van der Waals surface area contributed by atoms with Gasteiger partial charge in [-0.25, -0.2) is 4.98 Å². The third-order valence-corrected chi connectivity index (χ3v) is 7.59. The Balaban J connectivity index is 1.43. The van der Waals surface area contributed by atoms with Crippen LogP contribution in [-0.4, -0.2) is 46.0 Å². The molecule has 3 aromatic rings. The molecule has 1 amide bonds. The Morgan fingerprint density at radius 3 is 2.65 bits per heavy atom. The number of piperidine rings is 1. The Kier molecular flexibility index (Phi) is 7.77. The van der Waals surface area contributed by atoms with Gasteiger partial charge in [-0.05, 0) is 82.4 Å². The van der Waals surface area contributed by atoms with Crippen molar-refractivity contribution in [2.24, 2.45) is 0 Å². The first-order valence-corrected chi connectivity index (χ1v) is 13.8. The van der Waals surface area contributed by atoms with Crippen molar-refractivity contribution in [3.8, 4) is 11.4 Å². The summed E-state index contributed by atoms with van der Waals surface area (Å²) in [7, 11) is 0. The van der Waals surface area contributed by atoms with Crippen LogP contribution < -0.4 is 10.9 Å². The molecule has 0 radical (unpaired) electrons. The van der Waals surface area contributed by atoms with E-state index in [2.05, 4.69) is 22.4 Å². The maximum atomic E-state index is 13.7. The van der Waals surface area contributed by atoms with Crippen LogP contribution in [0.2, 0.25) is 5.02 Å². The molecule has 0 bridgehead atoms. The van der Waals surface area contributed by atoms with Crippen LogP contribution in [-0.2, 0) is 11.3 Å². The van der Waals surface area contributed by atoms with E-state index in [9.17, 15) is 9.59 Å². The highest BCUT2D eigenvalue weighted by atomic mass is 35.5. The number of hydrogen-bond acceptors (Lipinski definition) is 4. The van der Waals surface area contributed by atoms with Gasteiger partial charge in [-0.2, -0.15) is 0 Å². The quantitative estimate of drug-likeness (QED) is 0.398. The lowest BCUT2D eigenvalue weighted by atomic mass is 9.79. The van der Waals surface area contributed by atoms with Crippen LogP contribution in [0.25, 0.3) is 22.3 Å². The first-order chi connectivity index (χ1) is 17.9.